The first-order valence-corrected chi connectivity index (χ1v) is 4.29. The van der Waals surface area contributed by atoms with Gasteiger partial charge in [-0.05, 0) is 40.8 Å². The Morgan fingerprint density at radius 3 is 2.75 bits per heavy atom. The first-order chi connectivity index (χ1) is 5.77. The second-order valence-electron chi connectivity index (χ2n) is 2.01. The van der Waals surface area contributed by atoms with Gasteiger partial charge in [-0.25, -0.2) is 0 Å². The highest BCUT2D eigenvalue weighted by molar-refractivity contribution is 14.1. The molecule has 0 fully saturated rings. The zero-order chi connectivity index (χ0) is 8.97. The van der Waals surface area contributed by atoms with Crippen molar-refractivity contribution < 1.29 is 14.3 Å². The molecule has 0 heterocycles. The fourth-order valence-corrected chi connectivity index (χ4v) is 1.48. The van der Waals surface area contributed by atoms with Gasteiger partial charge in [0, 0.05) is 0 Å². The summed E-state index contributed by atoms with van der Waals surface area (Å²) in [6.07, 6.45) is 0. The van der Waals surface area contributed by atoms with Crippen LogP contribution in [0.15, 0.2) is 18.2 Å². The zero-order valence-corrected chi connectivity index (χ0v) is 8.57. The molecule has 0 N–H and O–H groups in total. The maximum absolute atomic E-state index is 9.98. The van der Waals surface area contributed by atoms with Gasteiger partial charge in [-0.3, -0.25) is 4.79 Å². The van der Waals surface area contributed by atoms with Crippen LogP contribution < -0.4 is 9.47 Å². The fourth-order valence-electron chi connectivity index (χ4n) is 0.776. The van der Waals surface area contributed by atoms with Gasteiger partial charge in [-0.1, -0.05) is 0 Å². The van der Waals surface area contributed by atoms with Crippen LogP contribution in [0.3, 0.4) is 0 Å². The highest BCUT2D eigenvalue weighted by Gasteiger charge is 2.00. The van der Waals surface area contributed by atoms with Crippen molar-refractivity contribution in [3.8, 4) is 11.5 Å². The first-order valence-electron chi connectivity index (χ1n) is 3.21. The molecule has 0 saturated carbocycles. The van der Waals surface area contributed by atoms with Crippen molar-refractivity contribution in [3.63, 3.8) is 0 Å². The largest absolute Gasteiger partial charge is 0.496 e. The third-order valence-electron chi connectivity index (χ3n) is 1.31. The standard InChI is InChI=1S/C8H7IO3/c1-11-8-3-2-6(12-5-10)4-7(8)9/h2-5H,1H3. The lowest BCUT2D eigenvalue weighted by Crippen LogP contribution is -1.91. The Labute approximate surface area is 83.8 Å². The van der Waals surface area contributed by atoms with Gasteiger partial charge < -0.3 is 9.47 Å². The lowest BCUT2D eigenvalue weighted by molar-refractivity contribution is -0.120. The van der Waals surface area contributed by atoms with Crippen molar-refractivity contribution >= 4 is 29.1 Å². The third-order valence-corrected chi connectivity index (χ3v) is 2.15. The van der Waals surface area contributed by atoms with Crippen molar-refractivity contribution in [1.82, 2.24) is 0 Å². The van der Waals surface area contributed by atoms with Crippen LogP contribution in [0.2, 0.25) is 0 Å². The molecule has 0 saturated heterocycles. The summed E-state index contributed by atoms with van der Waals surface area (Å²) in [4.78, 5) is 9.98. The predicted molar refractivity (Wildman–Crippen MR) is 52.4 cm³/mol. The molecule has 3 nitrogen and oxygen atoms in total. The Bertz CT molecular complexity index is 286. The van der Waals surface area contributed by atoms with Crippen molar-refractivity contribution in [2.24, 2.45) is 0 Å². The van der Waals surface area contributed by atoms with Gasteiger partial charge >= 0.3 is 0 Å². The Hall–Kier alpha value is -0.780. The number of ether oxygens (including phenoxy) is 2. The van der Waals surface area contributed by atoms with Crippen LogP contribution in [0.25, 0.3) is 0 Å². The van der Waals surface area contributed by atoms with Gasteiger partial charge in [0.2, 0.25) is 0 Å². The number of hydrogen-bond acceptors (Lipinski definition) is 3. The van der Waals surface area contributed by atoms with E-state index in [2.05, 4.69) is 27.3 Å². The molecule has 0 aliphatic rings. The minimum absolute atomic E-state index is 0.401. The zero-order valence-electron chi connectivity index (χ0n) is 6.41. The van der Waals surface area contributed by atoms with Crippen LogP contribution in [0.1, 0.15) is 0 Å². The van der Waals surface area contributed by atoms with E-state index < -0.39 is 0 Å². The molecule has 1 rings (SSSR count). The van der Waals surface area contributed by atoms with E-state index >= 15 is 0 Å². The number of methoxy groups -OCH3 is 1. The van der Waals surface area contributed by atoms with Gasteiger partial charge in [0.25, 0.3) is 6.47 Å². The maximum atomic E-state index is 9.98. The number of hydrogen-bond donors (Lipinski definition) is 0. The lowest BCUT2D eigenvalue weighted by Gasteiger charge is -2.03. The van der Waals surface area contributed by atoms with Gasteiger partial charge in [0.15, 0.2) is 0 Å². The molecule has 0 aliphatic carbocycles. The van der Waals surface area contributed by atoms with Crippen LogP contribution in [0.4, 0.5) is 0 Å². The van der Waals surface area contributed by atoms with Crippen molar-refractivity contribution in [1.29, 1.82) is 0 Å². The van der Waals surface area contributed by atoms with Crippen molar-refractivity contribution in [2.75, 3.05) is 7.11 Å². The smallest absolute Gasteiger partial charge is 0.298 e. The maximum Gasteiger partial charge on any atom is 0.298 e. The summed E-state index contributed by atoms with van der Waals surface area (Å²) in [6, 6.07) is 5.16. The van der Waals surface area contributed by atoms with Crippen LogP contribution in [-0.4, -0.2) is 13.6 Å². The van der Waals surface area contributed by atoms with E-state index in [0.29, 0.717) is 12.2 Å². The molecule has 0 atom stereocenters. The minimum Gasteiger partial charge on any atom is -0.496 e. The van der Waals surface area contributed by atoms with Gasteiger partial charge in [-0.2, -0.15) is 0 Å². The molecule has 0 unspecified atom stereocenters. The molecule has 0 aromatic heterocycles. The summed E-state index contributed by atoms with van der Waals surface area (Å²) in [5, 5.41) is 0. The Morgan fingerprint density at radius 2 is 2.25 bits per heavy atom. The highest BCUT2D eigenvalue weighted by Crippen LogP contribution is 2.24. The second-order valence-corrected chi connectivity index (χ2v) is 3.17. The minimum atomic E-state index is 0.401. The Morgan fingerprint density at radius 1 is 1.50 bits per heavy atom. The van der Waals surface area contributed by atoms with E-state index in [4.69, 9.17) is 4.74 Å². The summed E-state index contributed by atoms with van der Waals surface area (Å²) >= 11 is 2.10. The van der Waals surface area contributed by atoms with E-state index in [1.165, 1.54) is 0 Å². The topological polar surface area (TPSA) is 35.5 Å². The number of halogens is 1. The molecule has 0 aliphatic heterocycles. The molecule has 0 radical (unpaired) electrons. The first kappa shape index (κ1) is 9.31. The van der Waals surface area contributed by atoms with Crippen molar-refractivity contribution in [2.45, 2.75) is 0 Å². The molecular weight excluding hydrogens is 271 g/mol. The number of carbonyl (C=O) groups is 1. The van der Waals surface area contributed by atoms with Gasteiger partial charge in [0.1, 0.15) is 11.5 Å². The summed E-state index contributed by atoms with van der Waals surface area (Å²) in [7, 11) is 1.59. The monoisotopic (exact) mass is 278 g/mol. The predicted octanol–water partition coefficient (Wildman–Crippen LogP) is 1.83. The second kappa shape index (κ2) is 4.30. The fraction of sp³-hybridized carbons (Fsp3) is 0.125. The van der Waals surface area contributed by atoms with Crippen molar-refractivity contribution in [3.05, 3.63) is 21.8 Å². The van der Waals surface area contributed by atoms with E-state index in [1.54, 1.807) is 25.3 Å². The SMILES string of the molecule is COc1ccc(OC=O)cc1I. The molecule has 64 valence electrons. The summed E-state index contributed by atoms with van der Waals surface area (Å²) in [6.45, 7) is 0.401. The normalized spacial score (nSPS) is 9.17. The number of carbonyl (C=O) groups excluding carboxylic acids is 1. The summed E-state index contributed by atoms with van der Waals surface area (Å²) < 4.78 is 10.6. The van der Waals surface area contributed by atoms with E-state index in [1.807, 2.05) is 0 Å². The van der Waals surface area contributed by atoms with E-state index in [9.17, 15) is 4.79 Å². The summed E-state index contributed by atoms with van der Waals surface area (Å²) in [5.74, 6) is 1.30. The molecule has 0 bridgehead atoms. The highest BCUT2D eigenvalue weighted by atomic mass is 127. The average Bonchev–Trinajstić information content (AvgIpc) is 2.05. The Balaban J connectivity index is 2.93. The lowest BCUT2D eigenvalue weighted by atomic mass is 10.3. The summed E-state index contributed by atoms with van der Waals surface area (Å²) in [5.41, 5.74) is 0. The van der Waals surface area contributed by atoms with Crippen LogP contribution in [-0.2, 0) is 4.79 Å². The van der Waals surface area contributed by atoms with Gasteiger partial charge in [0.05, 0.1) is 10.7 Å². The average molecular weight is 278 g/mol. The van der Waals surface area contributed by atoms with Crippen LogP contribution >= 0.6 is 22.6 Å². The van der Waals surface area contributed by atoms with Gasteiger partial charge in [-0.15, -0.1) is 0 Å². The van der Waals surface area contributed by atoms with E-state index in [0.717, 1.165) is 9.32 Å². The Kier molecular flexibility index (Phi) is 3.33. The van der Waals surface area contributed by atoms with E-state index in [-0.39, 0.29) is 0 Å². The number of rotatable bonds is 3. The molecule has 0 spiro atoms. The number of benzene rings is 1. The molecule has 4 heteroatoms. The third kappa shape index (κ3) is 2.10. The molecule has 12 heavy (non-hydrogen) atoms. The van der Waals surface area contributed by atoms with Crippen LogP contribution in [0.5, 0.6) is 11.5 Å². The quantitative estimate of drug-likeness (QED) is 0.625. The molecular formula is C8H7IO3. The molecule has 0 amide bonds. The van der Waals surface area contributed by atoms with Crippen LogP contribution in [0, 0.1) is 3.57 Å². The molecule has 1 aromatic carbocycles. The molecule has 1 aromatic rings.